The lowest BCUT2D eigenvalue weighted by Crippen LogP contribution is -2.36. The molecule has 164 valence electrons. The number of ether oxygens (including phenoxy) is 2. The van der Waals surface area contributed by atoms with Crippen molar-refractivity contribution in [1.82, 2.24) is 20.1 Å². The van der Waals surface area contributed by atoms with E-state index >= 15 is 0 Å². The fraction of sp³-hybridized carbons (Fsp3) is 0.240. The average Bonchev–Trinajstić information content (AvgIpc) is 3.10. The van der Waals surface area contributed by atoms with Crippen LogP contribution in [0.2, 0.25) is 0 Å². The van der Waals surface area contributed by atoms with Crippen LogP contribution in [0.25, 0.3) is 22.2 Å². The Morgan fingerprint density at radius 3 is 2.59 bits per heavy atom. The molecule has 0 radical (unpaired) electrons. The van der Waals surface area contributed by atoms with Crippen molar-refractivity contribution in [3.8, 4) is 22.8 Å². The zero-order valence-corrected chi connectivity index (χ0v) is 18.6. The van der Waals surface area contributed by atoms with Crippen LogP contribution in [0.3, 0.4) is 0 Å². The van der Waals surface area contributed by atoms with Crippen LogP contribution in [0.1, 0.15) is 18.2 Å². The van der Waals surface area contributed by atoms with Crippen LogP contribution in [0, 0.1) is 6.92 Å². The van der Waals surface area contributed by atoms with Gasteiger partial charge in [0.25, 0.3) is 5.91 Å². The zero-order valence-electron chi connectivity index (χ0n) is 18.6. The first kappa shape index (κ1) is 21.4. The number of pyridine rings is 1. The Bertz CT molecular complexity index is 1250. The molecule has 4 rings (SSSR count). The molecular weight excluding hydrogens is 404 g/mol. The molecule has 1 atom stereocenters. The third kappa shape index (κ3) is 4.27. The Kier molecular flexibility index (Phi) is 6.07. The summed E-state index contributed by atoms with van der Waals surface area (Å²) in [4.78, 5) is 17.3. The highest BCUT2D eigenvalue weighted by Gasteiger charge is 2.20. The lowest BCUT2D eigenvalue weighted by atomic mass is 10.0. The molecule has 32 heavy (non-hydrogen) atoms. The van der Waals surface area contributed by atoms with Gasteiger partial charge < -0.3 is 14.8 Å². The number of hydrogen-bond donors (Lipinski definition) is 1. The molecule has 0 saturated heterocycles. The maximum atomic E-state index is 12.7. The Morgan fingerprint density at radius 1 is 1.12 bits per heavy atom. The van der Waals surface area contributed by atoms with E-state index in [9.17, 15) is 4.79 Å². The molecule has 1 N–H and O–H groups in total. The second kappa shape index (κ2) is 9.09. The van der Waals surface area contributed by atoms with Gasteiger partial charge in [0.05, 0.1) is 18.2 Å². The lowest BCUT2D eigenvalue weighted by molar-refractivity contribution is -0.127. The van der Waals surface area contributed by atoms with Crippen LogP contribution in [-0.2, 0) is 18.4 Å². The normalized spacial score (nSPS) is 11.9. The summed E-state index contributed by atoms with van der Waals surface area (Å²) in [6.45, 7) is 4.02. The maximum Gasteiger partial charge on any atom is 0.261 e. The molecule has 4 aromatic rings. The minimum atomic E-state index is -0.729. The molecule has 0 spiro atoms. The van der Waals surface area contributed by atoms with Gasteiger partial charge in [-0.3, -0.25) is 9.48 Å². The highest BCUT2D eigenvalue weighted by molar-refractivity contribution is 5.95. The third-order valence-corrected chi connectivity index (χ3v) is 5.34. The Balaban J connectivity index is 1.57. The molecule has 2 aromatic heterocycles. The second-order valence-electron chi connectivity index (χ2n) is 7.57. The average molecular weight is 431 g/mol. The summed E-state index contributed by atoms with van der Waals surface area (Å²) in [6, 6.07) is 19.5. The number of para-hydroxylation sites is 1. The quantitative estimate of drug-likeness (QED) is 0.479. The molecule has 0 fully saturated rings. The maximum absolute atomic E-state index is 12.7. The van der Waals surface area contributed by atoms with E-state index in [-0.39, 0.29) is 5.91 Å². The molecule has 7 nitrogen and oxygen atoms in total. The van der Waals surface area contributed by atoms with Crippen molar-refractivity contribution in [3.05, 3.63) is 71.9 Å². The number of nitrogens with one attached hydrogen (secondary N) is 1. The van der Waals surface area contributed by atoms with E-state index in [4.69, 9.17) is 9.47 Å². The second-order valence-corrected chi connectivity index (χ2v) is 7.57. The molecule has 2 aromatic carbocycles. The Labute approximate surface area is 187 Å². The number of carbonyl (C=O) groups excluding carboxylic acids is 1. The monoisotopic (exact) mass is 430 g/mol. The van der Waals surface area contributed by atoms with Crippen molar-refractivity contribution < 1.29 is 14.3 Å². The van der Waals surface area contributed by atoms with E-state index in [0.717, 1.165) is 33.5 Å². The van der Waals surface area contributed by atoms with E-state index in [0.29, 0.717) is 18.1 Å². The number of nitrogens with zero attached hydrogens (tertiary/aromatic N) is 3. The zero-order chi connectivity index (χ0) is 22.7. The predicted molar refractivity (Wildman–Crippen MR) is 124 cm³/mol. The number of hydrogen-bond acceptors (Lipinski definition) is 5. The molecule has 0 aliphatic heterocycles. The Morgan fingerprint density at radius 2 is 1.84 bits per heavy atom. The number of benzene rings is 2. The number of carbonyl (C=O) groups is 1. The van der Waals surface area contributed by atoms with Crippen molar-refractivity contribution in [2.75, 3.05) is 7.11 Å². The number of aromatic nitrogens is 3. The van der Waals surface area contributed by atoms with Crippen LogP contribution in [0.5, 0.6) is 11.6 Å². The van der Waals surface area contributed by atoms with Gasteiger partial charge in [0, 0.05) is 25.2 Å². The summed E-state index contributed by atoms with van der Waals surface area (Å²) in [5.41, 5.74) is 4.50. The van der Waals surface area contributed by atoms with E-state index in [2.05, 4.69) is 15.4 Å². The fourth-order valence-corrected chi connectivity index (χ4v) is 3.74. The fourth-order valence-electron chi connectivity index (χ4n) is 3.74. The highest BCUT2D eigenvalue weighted by Crippen LogP contribution is 2.33. The summed E-state index contributed by atoms with van der Waals surface area (Å²) < 4.78 is 13.0. The molecule has 0 aliphatic rings. The number of fused-ring (bicyclic) bond motifs is 1. The van der Waals surface area contributed by atoms with Crippen molar-refractivity contribution in [1.29, 1.82) is 0 Å². The molecule has 2 heterocycles. The van der Waals surface area contributed by atoms with Crippen LogP contribution >= 0.6 is 0 Å². The minimum Gasteiger partial charge on any atom is -0.496 e. The lowest BCUT2D eigenvalue weighted by Gasteiger charge is -2.16. The van der Waals surface area contributed by atoms with E-state index in [1.807, 2.05) is 74.6 Å². The topological polar surface area (TPSA) is 78.3 Å². The van der Waals surface area contributed by atoms with Crippen molar-refractivity contribution in [3.63, 3.8) is 0 Å². The van der Waals surface area contributed by atoms with Gasteiger partial charge in [0.2, 0.25) is 5.88 Å². The van der Waals surface area contributed by atoms with Crippen LogP contribution < -0.4 is 14.8 Å². The first-order valence-corrected chi connectivity index (χ1v) is 10.4. The van der Waals surface area contributed by atoms with E-state index < -0.39 is 6.10 Å². The van der Waals surface area contributed by atoms with Crippen molar-refractivity contribution >= 4 is 16.9 Å². The number of methoxy groups -OCH3 is 1. The van der Waals surface area contributed by atoms with Crippen LogP contribution in [-0.4, -0.2) is 33.9 Å². The van der Waals surface area contributed by atoms with Gasteiger partial charge in [0.15, 0.2) is 11.8 Å². The standard InChI is InChI=1S/C25H26N4O3/c1-16-23-20(18-10-6-5-7-11-18)14-22(27-24(23)29(3)28-16)32-17(2)25(30)26-15-19-12-8-9-13-21(19)31-4/h5-14,17H,15H2,1-4H3,(H,26,30)/t17-/m0/s1. The summed E-state index contributed by atoms with van der Waals surface area (Å²) >= 11 is 0. The van der Waals surface area contributed by atoms with Gasteiger partial charge in [-0.25, -0.2) is 0 Å². The summed E-state index contributed by atoms with van der Waals surface area (Å²) in [5.74, 6) is 0.868. The largest absolute Gasteiger partial charge is 0.496 e. The molecular formula is C25H26N4O3. The van der Waals surface area contributed by atoms with Crippen LogP contribution in [0.4, 0.5) is 0 Å². The molecule has 7 heteroatoms. The van der Waals surface area contributed by atoms with E-state index in [1.165, 1.54) is 0 Å². The van der Waals surface area contributed by atoms with E-state index in [1.54, 1.807) is 18.7 Å². The van der Waals surface area contributed by atoms with Gasteiger partial charge in [-0.1, -0.05) is 48.5 Å². The van der Waals surface area contributed by atoms with Gasteiger partial charge in [-0.2, -0.15) is 10.1 Å². The summed E-state index contributed by atoms with van der Waals surface area (Å²) in [6.07, 6.45) is -0.729. The number of rotatable bonds is 7. The van der Waals surface area contributed by atoms with Crippen molar-refractivity contribution in [2.45, 2.75) is 26.5 Å². The minimum absolute atomic E-state index is 0.236. The Hall–Kier alpha value is -3.87. The van der Waals surface area contributed by atoms with Gasteiger partial charge >= 0.3 is 0 Å². The first-order valence-electron chi connectivity index (χ1n) is 10.4. The van der Waals surface area contributed by atoms with Crippen LogP contribution in [0.15, 0.2) is 60.7 Å². The SMILES string of the molecule is COc1ccccc1CNC(=O)[C@H](C)Oc1cc(-c2ccccc2)c2c(C)nn(C)c2n1. The third-order valence-electron chi connectivity index (χ3n) is 5.34. The molecule has 0 aliphatic carbocycles. The summed E-state index contributed by atoms with van der Waals surface area (Å²) in [7, 11) is 3.46. The number of amides is 1. The predicted octanol–water partition coefficient (Wildman–Crippen LogP) is 4.04. The summed E-state index contributed by atoms with van der Waals surface area (Å²) in [5, 5.41) is 8.39. The molecule has 0 saturated carbocycles. The molecule has 1 amide bonds. The number of aryl methyl sites for hydroxylation is 2. The van der Waals surface area contributed by atoms with Gasteiger partial charge in [-0.05, 0) is 31.0 Å². The van der Waals surface area contributed by atoms with Crippen molar-refractivity contribution in [2.24, 2.45) is 7.05 Å². The smallest absolute Gasteiger partial charge is 0.261 e. The van der Waals surface area contributed by atoms with Gasteiger partial charge in [-0.15, -0.1) is 0 Å². The van der Waals surface area contributed by atoms with Gasteiger partial charge in [0.1, 0.15) is 5.75 Å². The molecule has 0 unspecified atom stereocenters. The first-order chi connectivity index (χ1) is 15.5. The highest BCUT2D eigenvalue weighted by atomic mass is 16.5. The molecule has 0 bridgehead atoms.